The summed E-state index contributed by atoms with van der Waals surface area (Å²) < 4.78 is 5.41. The predicted molar refractivity (Wildman–Crippen MR) is 86.0 cm³/mol. The van der Waals surface area contributed by atoms with Crippen LogP contribution in [0, 0.1) is 0 Å². The second-order valence-corrected chi connectivity index (χ2v) is 5.19. The summed E-state index contributed by atoms with van der Waals surface area (Å²) in [4.78, 5) is 2.35. The summed E-state index contributed by atoms with van der Waals surface area (Å²) in [5.41, 5.74) is 8.93. The van der Waals surface area contributed by atoms with Crippen LogP contribution in [0.1, 0.15) is 44.4 Å². The first-order valence-electron chi connectivity index (χ1n) is 7.85. The topological polar surface area (TPSA) is 38.5 Å². The van der Waals surface area contributed by atoms with E-state index in [2.05, 4.69) is 43.0 Å². The average molecular weight is 278 g/mol. The fourth-order valence-corrected chi connectivity index (χ4v) is 2.32. The van der Waals surface area contributed by atoms with Crippen LogP contribution in [0.15, 0.2) is 24.3 Å². The molecule has 0 heterocycles. The molecule has 1 aromatic carbocycles. The first kappa shape index (κ1) is 17.2. The Morgan fingerprint density at radius 1 is 1.15 bits per heavy atom. The Morgan fingerprint density at radius 2 is 1.85 bits per heavy atom. The molecule has 0 spiro atoms. The fraction of sp³-hybridized carbons (Fsp3) is 0.647. The van der Waals surface area contributed by atoms with Crippen molar-refractivity contribution < 1.29 is 4.74 Å². The molecule has 0 saturated carbocycles. The summed E-state index contributed by atoms with van der Waals surface area (Å²) in [5.74, 6) is 0. The third-order valence-corrected chi connectivity index (χ3v) is 3.60. The van der Waals surface area contributed by atoms with Gasteiger partial charge in [-0.3, -0.25) is 4.90 Å². The molecular weight excluding hydrogens is 248 g/mol. The van der Waals surface area contributed by atoms with E-state index in [1.807, 2.05) is 6.92 Å². The molecule has 0 radical (unpaired) electrons. The lowest BCUT2D eigenvalue weighted by atomic mass is 10.0. The molecule has 0 aliphatic heterocycles. The SMILES string of the molecule is CCCc1ccc(C(N)CN(CC)CCOCC)cc1. The highest BCUT2D eigenvalue weighted by Crippen LogP contribution is 2.14. The van der Waals surface area contributed by atoms with Crippen LogP contribution in [-0.4, -0.2) is 37.7 Å². The van der Waals surface area contributed by atoms with E-state index in [0.29, 0.717) is 0 Å². The van der Waals surface area contributed by atoms with Crippen molar-refractivity contribution >= 4 is 0 Å². The normalized spacial score (nSPS) is 12.8. The molecule has 20 heavy (non-hydrogen) atoms. The van der Waals surface area contributed by atoms with E-state index >= 15 is 0 Å². The Balaban J connectivity index is 2.48. The number of nitrogens with zero attached hydrogens (tertiary/aromatic N) is 1. The number of ether oxygens (including phenoxy) is 1. The lowest BCUT2D eigenvalue weighted by molar-refractivity contribution is 0.113. The largest absolute Gasteiger partial charge is 0.380 e. The van der Waals surface area contributed by atoms with Crippen molar-refractivity contribution in [1.82, 2.24) is 4.90 Å². The van der Waals surface area contributed by atoms with E-state index in [9.17, 15) is 0 Å². The van der Waals surface area contributed by atoms with Crippen LogP contribution >= 0.6 is 0 Å². The van der Waals surface area contributed by atoms with Gasteiger partial charge in [-0.05, 0) is 31.0 Å². The lowest BCUT2D eigenvalue weighted by Gasteiger charge is -2.24. The molecule has 0 aliphatic carbocycles. The summed E-state index contributed by atoms with van der Waals surface area (Å²) in [5, 5.41) is 0. The monoisotopic (exact) mass is 278 g/mol. The van der Waals surface area contributed by atoms with Crippen LogP contribution in [0.2, 0.25) is 0 Å². The minimum atomic E-state index is 0.0762. The number of hydrogen-bond acceptors (Lipinski definition) is 3. The van der Waals surface area contributed by atoms with E-state index < -0.39 is 0 Å². The van der Waals surface area contributed by atoms with Crippen LogP contribution in [0.3, 0.4) is 0 Å². The molecule has 1 rings (SSSR count). The van der Waals surface area contributed by atoms with Crippen LogP contribution in [-0.2, 0) is 11.2 Å². The van der Waals surface area contributed by atoms with Crippen molar-refractivity contribution in [2.75, 3.05) is 32.8 Å². The molecule has 114 valence electrons. The summed E-state index contributed by atoms with van der Waals surface area (Å²) in [6.45, 7) is 10.8. The Labute approximate surface area is 124 Å². The van der Waals surface area contributed by atoms with Crippen molar-refractivity contribution in [3.63, 3.8) is 0 Å². The molecule has 0 aromatic heterocycles. The molecule has 0 amide bonds. The maximum Gasteiger partial charge on any atom is 0.0593 e. The smallest absolute Gasteiger partial charge is 0.0593 e. The molecule has 3 nitrogen and oxygen atoms in total. The molecule has 0 bridgehead atoms. The van der Waals surface area contributed by atoms with Gasteiger partial charge in [-0.15, -0.1) is 0 Å². The number of likely N-dealkylation sites (N-methyl/N-ethyl adjacent to an activating group) is 1. The van der Waals surface area contributed by atoms with Gasteiger partial charge in [-0.2, -0.15) is 0 Å². The number of nitrogens with two attached hydrogens (primary N) is 1. The quantitative estimate of drug-likeness (QED) is 0.669. The van der Waals surface area contributed by atoms with Gasteiger partial charge in [0.2, 0.25) is 0 Å². The van der Waals surface area contributed by atoms with Gasteiger partial charge in [-0.25, -0.2) is 0 Å². The number of aryl methyl sites for hydroxylation is 1. The van der Waals surface area contributed by atoms with Crippen molar-refractivity contribution in [3.8, 4) is 0 Å². The minimum Gasteiger partial charge on any atom is -0.380 e. The van der Waals surface area contributed by atoms with Crippen LogP contribution < -0.4 is 5.73 Å². The van der Waals surface area contributed by atoms with Crippen molar-refractivity contribution in [2.45, 2.75) is 39.7 Å². The van der Waals surface area contributed by atoms with E-state index in [1.165, 1.54) is 17.5 Å². The molecule has 0 aliphatic rings. The zero-order valence-electron chi connectivity index (χ0n) is 13.3. The van der Waals surface area contributed by atoms with E-state index in [4.69, 9.17) is 10.5 Å². The highest BCUT2D eigenvalue weighted by atomic mass is 16.5. The summed E-state index contributed by atoms with van der Waals surface area (Å²) in [7, 11) is 0. The minimum absolute atomic E-state index is 0.0762. The second kappa shape index (κ2) is 9.92. The summed E-state index contributed by atoms with van der Waals surface area (Å²) in [6, 6.07) is 8.83. The standard InChI is InChI=1S/C17H30N2O/c1-4-7-15-8-10-16(11-9-15)17(18)14-19(5-2)12-13-20-6-3/h8-11,17H,4-7,12-14,18H2,1-3H3. The molecular formula is C17H30N2O. The maximum absolute atomic E-state index is 6.32. The summed E-state index contributed by atoms with van der Waals surface area (Å²) >= 11 is 0. The number of hydrogen-bond donors (Lipinski definition) is 1. The Kier molecular flexibility index (Phi) is 8.51. The molecule has 0 fully saturated rings. The number of benzene rings is 1. The van der Waals surface area contributed by atoms with Gasteiger partial charge < -0.3 is 10.5 Å². The first-order chi connectivity index (χ1) is 9.71. The maximum atomic E-state index is 6.32. The zero-order valence-corrected chi connectivity index (χ0v) is 13.3. The average Bonchev–Trinajstić information content (AvgIpc) is 2.47. The highest BCUT2D eigenvalue weighted by Gasteiger charge is 2.11. The van der Waals surface area contributed by atoms with Gasteiger partial charge in [-0.1, -0.05) is 44.5 Å². The van der Waals surface area contributed by atoms with Gasteiger partial charge in [0, 0.05) is 25.7 Å². The molecule has 2 N–H and O–H groups in total. The van der Waals surface area contributed by atoms with Crippen molar-refractivity contribution in [2.24, 2.45) is 5.73 Å². The fourth-order valence-electron chi connectivity index (χ4n) is 2.32. The zero-order chi connectivity index (χ0) is 14.8. The van der Waals surface area contributed by atoms with Gasteiger partial charge in [0.1, 0.15) is 0 Å². The molecule has 1 atom stereocenters. The van der Waals surface area contributed by atoms with Gasteiger partial charge in [0.25, 0.3) is 0 Å². The van der Waals surface area contributed by atoms with E-state index in [0.717, 1.165) is 39.3 Å². The van der Waals surface area contributed by atoms with Gasteiger partial charge in [0.05, 0.1) is 6.61 Å². The predicted octanol–water partition coefficient (Wildman–Crippen LogP) is 3.00. The third-order valence-electron chi connectivity index (χ3n) is 3.60. The van der Waals surface area contributed by atoms with E-state index in [-0.39, 0.29) is 6.04 Å². The Hall–Kier alpha value is -0.900. The van der Waals surface area contributed by atoms with Gasteiger partial charge >= 0.3 is 0 Å². The Bertz CT molecular complexity index is 351. The summed E-state index contributed by atoms with van der Waals surface area (Å²) in [6.07, 6.45) is 2.33. The van der Waals surface area contributed by atoms with Crippen LogP contribution in [0.4, 0.5) is 0 Å². The van der Waals surface area contributed by atoms with Crippen LogP contribution in [0.25, 0.3) is 0 Å². The van der Waals surface area contributed by atoms with Crippen molar-refractivity contribution in [1.29, 1.82) is 0 Å². The number of rotatable bonds is 10. The second-order valence-electron chi connectivity index (χ2n) is 5.19. The first-order valence-corrected chi connectivity index (χ1v) is 7.85. The lowest BCUT2D eigenvalue weighted by Crippen LogP contribution is -2.34. The van der Waals surface area contributed by atoms with E-state index in [1.54, 1.807) is 0 Å². The Morgan fingerprint density at radius 3 is 2.40 bits per heavy atom. The molecule has 3 heteroatoms. The molecule has 1 aromatic rings. The van der Waals surface area contributed by atoms with Gasteiger partial charge in [0.15, 0.2) is 0 Å². The van der Waals surface area contributed by atoms with Crippen LogP contribution in [0.5, 0.6) is 0 Å². The van der Waals surface area contributed by atoms with Crippen molar-refractivity contribution in [3.05, 3.63) is 35.4 Å². The highest BCUT2D eigenvalue weighted by molar-refractivity contribution is 5.25. The molecule has 1 unspecified atom stereocenters. The third kappa shape index (κ3) is 6.04. The molecule has 0 saturated heterocycles.